The molecule has 0 aliphatic rings. The second-order valence-electron chi connectivity index (χ2n) is 6.23. The molecule has 2 rings (SSSR count). The van der Waals surface area contributed by atoms with Crippen LogP contribution in [0.4, 0.5) is 0 Å². The van der Waals surface area contributed by atoms with Crippen LogP contribution in [0.15, 0.2) is 36.4 Å². The maximum Gasteiger partial charge on any atom is 0.340 e. The Bertz CT molecular complexity index is 718. The van der Waals surface area contributed by atoms with Crippen molar-refractivity contribution in [3.63, 3.8) is 0 Å². The molecule has 5 nitrogen and oxygen atoms in total. The SMILES string of the molecule is Cc1cc(C(=O)OCC(=O)NCC(C)C)c(C)n1-c1ccccc1. The smallest absolute Gasteiger partial charge is 0.340 e. The van der Waals surface area contributed by atoms with Gasteiger partial charge in [-0.05, 0) is 38.0 Å². The van der Waals surface area contributed by atoms with E-state index in [0.717, 1.165) is 17.1 Å². The van der Waals surface area contributed by atoms with E-state index in [1.807, 2.05) is 62.6 Å². The number of nitrogens with one attached hydrogen (secondary N) is 1. The number of carbonyl (C=O) groups excluding carboxylic acids is 2. The molecule has 1 amide bonds. The third kappa shape index (κ3) is 4.25. The highest BCUT2D eigenvalue weighted by atomic mass is 16.5. The van der Waals surface area contributed by atoms with E-state index in [0.29, 0.717) is 18.0 Å². The maximum atomic E-state index is 12.3. The fraction of sp³-hybridized carbons (Fsp3) is 0.368. The summed E-state index contributed by atoms with van der Waals surface area (Å²) in [6, 6.07) is 11.6. The minimum Gasteiger partial charge on any atom is -0.452 e. The fourth-order valence-corrected chi connectivity index (χ4v) is 2.52. The number of para-hydroxylation sites is 1. The molecule has 0 fully saturated rings. The van der Waals surface area contributed by atoms with Crippen LogP contribution in [0.5, 0.6) is 0 Å². The molecule has 0 unspecified atom stereocenters. The van der Waals surface area contributed by atoms with Crippen molar-refractivity contribution in [2.75, 3.05) is 13.2 Å². The van der Waals surface area contributed by atoms with Crippen molar-refractivity contribution in [3.05, 3.63) is 53.3 Å². The summed E-state index contributed by atoms with van der Waals surface area (Å²) in [4.78, 5) is 24.0. The second-order valence-corrected chi connectivity index (χ2v) is 6.23. The quantitative estimate of drug-likeness (QED) is 0.829. The first-order chi connectivity index (χ1) is 11.4. The molecule has 0 saturated carbocycles. The minimum atomic E-state index is -0.482. The van der Waals surface area contributed by atoms with Gasteiger partial charge in [0.1, 0.15) is 0 Å². The van der Waals surface area contributed by atoms with Crippen molar-refractivity contribution in [2.24, 2.45) is 5.92 Å². The van der Waals surface area contributed by atoms with E-state index in [2.05, 4.69) is 5.32 Å². The van der Waals surface area contributed by atoms with E-state index in [-0.39, 0.29) is 12.5 Å². The van der Waals surface area contributed by atoms with Gasteiger partial charge in [-0.1, -0.05) is 32.0 Å². The van der Waals surface area contributed by atoms with Gasteiger partial charge in [0.05, 0.1) is 5.56 Å². The Hall–Kier alpha value is -2.56. The van der Waals surface area contributed by atoms with Gasteiger partial charge in [-0.2, -0.15) is 0 Å². The van der Waals surface area contributed by atoms with Crippen LogP contribution in [-0.4, -0.2) is 29.6 Å². The Morgan fingerprint density at radius 3 is 2.46 bits per heavy atom. The van der Waals surface area contributed by atoms with E-state index in [4.69, 9.17) is 4.74 Å². The van der Waals surface area contributed by atoms with Crippen molar-refractivity contribution in [3.8, 4) is 5.69 Å². The first-order valence-corrected chi connectivity index (χ1v) is 8.08. The third-order valence-electron chi connectivity index (χ3n) is 3.71. The normalized spacial score (nSPS) is 10.7. The zero-order chi connectivity index (χ0) is 17.7. The topological polar surface area (TPSA) is 60.3 Å². The predicted octanol–water partition coefficient (Wildman–Crippen LogP) is 3.02. The van der Waals surface area contributed by atoms with Crippen molar-refractivity contribution in [1.29, 1.82) is 0 Å². The lowest BCUT2D eigenvalue weighted by Gasteiger charge is -2.10. The number of benzene rings is 1. The van der Waals surface area contributed by atoms with Gasteiger partial charge in [0.15, 0.2) is 6.61 Å². The number of rotatable bonds is 6. The van der Waals surface area contributed by atoms with Crippen molar-refractivity contribution in [1.82, 2.24) is 9.88 Å². The minimum absolute atomic E-state index is 0.263. The van der Waals surface area contributed by atoms with Crippen LogP contribution in [-0.2, 0) is 9.53 Å². The van der Waals surface area contributed by atoms with Crippen LogP contribution < -0.4 is 5.32 Å². The summed E-state index contributed by atoms with van der Waals surface area (Å²) in [5.74, 6) is -0.409. The average molecular weight is 328 g/mol. The zero-order valence-electron chi connectivity index (χ0n) is 14.6. The number of esters is 1. The Morgan fingerprint density at radius 1 is 1.17 bits per heavy atom. The Balaban J connectivity index is 2.07. The number of aromatic nitrogens is 1. The summed E-state index contributed by atoms with van der Waals surface area (Å²) in [7, 11) is 0. The van der Waals surface area contributed by atoms with Gasteiger partial charge >= 0.3 is 5.97 Å². The molecule has 128 valence electrons. The summed E-state index contributed by atoms with van der Waals surface area (Å²) >= 11 is 0. The van der Waals surface area contributed by atoms with Crippen molar-refractivity contribution >= 4 is 11.9 Å². The van der Waals surface area contributed by atoms with Crippen LogP contribution >= 0.6 is 0 Å². The number of carbonyl (C=O) groups is 2. The van der Waals surface area contributed by atoms with Crippen LogP contribution in [0, 0.1) is 19.8 Å². The largest absolute Gasteiger partial charge is 0.452 e. The lowest BCUT2D eigenvalue weighted by molar-refractivity contribution is -0.124. The van der Waals surface area contributed by atoms with E-state index in [9.17, 15) is 9.59 Å². The molecule has 1 heterocycles. The Morgan fingerprint density at radius 2 is 1.83 bits per heavy atom. The molecule has 5 heteroatoms. The lowest BCUT2D eigenvalue weighted by atomic mass is 10.2. The van der Waals surface area contributed by atoms with Gasteiger partial charge in [0.2, 0.25) is 0 Å². The summed E-state index contributed by atoms with van der Waals surface area (Å²) in [6.45, 7) is 8.12. The second kappa shape index (κ2) is 7.81. The predicted molar refractivity (Wildman–Crippen MR) is 93.4 cm³/mol. The molecule has 0 bridgehead atoms. The molecule has 0 atom stereocenters. The van der Waals surface area contributed by atoms with Crippen LogP contribution in [0.25, 0.3) is 5.69 Å². The van der Waals surface area contributed by atoms with Gasteiger partial charge < -0.3 is 14.6 Å². The molecule has 1 aromatic heterocycles. The molecule has 1 N–H and O–H groups in total. The Kier molecular flexibility index (Phi) is 5.79. The van der Waals surface area contributed by atoms with Crippen LogP contribution in [0.3, 0.4) is 0 Å². The lowest BCUT2D eigenvalue weighted by Crippen LogP contribution is -2.31. The monoisotopic (exact) mass is 328 g/mol. The highest BCUT2D eigenvalue weighted by Crippen LogP contribution is 2.21. The van der Waals surface area contributed by atoms with E-state index in [1.54, 1.807) is 6.07 Å². The number of hydrogen-bond acceptors (Lipinski definition) is 3. The van der Waals surface area contributed by atoms with E-state index in [1.165, 1.54) is 0 Å². The number of nitrogens with zero attached hydrogens (tertiary/aromatic N) is 1. The maximum absolute atomic E-state index is 12.3. The van der Waals surface area contributed by atoms with E-state index < -0.39 is 5.97 Å². The number of aryl methyl sites for hydroxylation is 1. The third-order valence-corrected chi connectivity index (χ3v) is 3.71. The first kappa shape index (κ1) is 17.8. The zero-order valence-corrected chi connectivity index (χ0v) is 14.6. The van der Waals surface area contributed by atoms with E-state index >= 15 is 0 Å². The van der Waals surface area contributed by atoms with Gasteiger partial charge in [-0.25, -0.2) is 4.79 Å². The summed E-state index contributed by atoms with van der Waals surface area (Å²) in [5, 5.41) is 2.72. The summed E-state index contributed by atoms with van der Waals surface area (Å²) in [6.07, 6.45) is 0. The molecule has 0 spiro atoms. The standard InChI is InChI=1S/C19H24N2O3/c1-13(2)11-20-18(22)12-24-19(23)17-10-14(3)21(15(17)4)16-8-6-5-7-9-16/h5-10,13H,11-12H2,1-4H3,(H,20,22). The molecule has 0 radical (unpaired) electrons. The van der Waals surface area contributed by atoms with Gasteiger partial charge in [-0.15, -0.1) is 0 Å². The number of ether oxygens (including phenoxy) is 1. The molecule has 0 aliphatic carbocycles. The summed E-state index contributed by atoms with van der Waals surface area (Å²) < 4.78 is 7.14. The number of amides is 1. The molecular formula is C19H24N2O3. The molecule has 24 heavy (non-hydrogen) atoms. The first-order valence-electron chi connectivity index (χ1n) is 8.08. The highest BCUT2D eigenvalue weighted by Gasteiger charge is 2.18. The molecule has 0 saturated heterocycles. The molecule has 1 aromatic carbocycles. The molecule has 2 aromatic rings. The van der Waals surface area contributed by atoms with Crippen molar-refractivity contribution in [2.45, 2.75) is 27.7 Å². The highest BCUT2D eigenvalue weighted by molar-refractivity contribution is 5.93. The van der Waals surface area contributed by atoms with Gasteiger partial charge in [0, 0.05) is 23.6 Å². The van der Waals surface area contributed by atoms with Gasteiger partial charge in [-0.3, -0.25) is 4.79 Å². The molecule has 0 aliphatic heterocycles. The number of hydrogen-bond donors (Lipinski definition) is 1. The van der Waals surface area contributed by atoms with Gasteiger partial charge in [0.25, 0.3) is 5.91 Å². The average Bonchev–Trinajstić information content (AvgIpc) is 2.86. The summed E-state index contributed by atoms with van der Waals surface area (Å²) in [5.41, 5.74) is 3.20. The fourth-order valence-electron chi connectivity index (χ4n) is 2.52. The molecular weight excluding hydrogens is 304 g/mol. The van der Waals surface area contributed by atoms with Crippen LogP contribution in [0.1, 0.15) is 35.6 Å². The Labute approximate surface area is 142 Å². The van der Waals surface area contributed by atoms with Crippen LogP contribution in [0.2, 0.25) is 0 Å². The van der Waals surface area contributed by atoms with Crippen molar-refractivity contribution < 1.29 is 14.3 Å².